The zero-order chi connectivity index (χ0) is 14.0. The number of β-amino-alcohol motifs (C(OH)–C–C–N with tert-alkyl or cyclic N) is 1. The zero-order valence-electron chi connectivity index (χ0n) is 9.85. The summed E-state index contributed by atoms with van der Waals surface area (Å²) in [7, 11) is 0. The van der Waals surface area contributed by atoms with E-state index in [-0.39, 0.29) is 29.1 Å². The number of carbonyl (C=O) groups excluding carboxylic acids is 1. The van der Waals surface area contributed by atoms with Crippen LogP contribution in [-0.4, -0.2) is 40.6 Å². The number of nitrogens with zero attached hydrogens (tertiary/aromatic N) is 1. The third-order valence-electron chi connectivity index (χ3n) is 2.79. The molecule has 1 saturated heterocycles. The minimum Gasteiger partial charge on any atom is -0.391 e. The molecule has 1 aliphatic rings. The minimum atomic E-state index is -4.33. The summed E-state index contributed by atoms with van der Waals surface area (Å²) in [6.07, 6.45) is 0.0253. The molecule has 19 heavy (non-hydrogen) atoms. The summed E-state index contributed by atoms with van der Waals surface area (Å²) in [6, 6.07) is 5.30. The second-order valence-corrected chi connectivity index (χ2v) is 5.40. The highest BCUT2D eigenvalue weighted by molar-refractivity contribution is 8.00. The zero-order valence-corrected chi connectivity index (χ0v) is 10.7. The average molecular weight is 291 g/mol. The highest BCUT2D eigenvalue weighted by Gasteiger charge is 2.29. The number of rotatable bonds is 2. The van der Waals surface area contributed by atoms with E-state index in [9.17, 15) is 23.1 Å². The van der Waals surface area contributed by atoms with Crippen molar-refractivity contribution in [2.75, 3.05) is 13.1 Å². The number of thioether (sulfide) groups is 1. The molecule has 0 saturated carbocycles. The number of hydrogen-bond acceptors (Lipinski definition) is 3. The van der Waals surface area contributed by atoms with Crippen LogP contribution in [-0.2, 0) is 0 Å². The molecule has 1 amide bonds. The molecule has 0 radical (unpaired) electrons. The van der Waals surface area contributed by atoms with Crippen LogP contribution in [0.4, 0.5) is 13.2 Å². The first kappa shape index (κ1) is 14.2. The lowest BCUT2D eigenvalue weighted by molar-refractivity contribution is -0.0328. The van der Waals surface area contributed by atoms with Crippen LogP contribution in [0.2, 0.25) is 0 Å². The fourth-order valence-electron chi connectivity index (χ4n) is 1.91. The normalized spacial score (nSPS) is 19.8. The van der Waals surface area contributed by atoms with Gasteiger partial charge in [-0.15, -0.1) is 0 Å². The number of aliphatic hydroxyl groups excluding tert-OH is 1. The molecular formula is C12H12F3NO2S. The predicted molar refractivity (Wildman–Crippen MR) is 64.9 cm³/mol. The smallest absolute Gasteiger partial charge is 0.391 e. The summed E-state index contributed by atoms with van der Waals surface area (Å²) in [5.41, 5.74) is -3.99. The molecule has 104 valence electrons. The van der Waals surface area contributed by atoms with E-state index in [0.717, 1.165) is 0 Å². The van der Waals surface area contributed by atoms with Crippen LogP contribution in [0.15, 0.2) is 29.2 Å². The van der Waals surface area contributed by atoms with Gasteiger partial charge in [-0.3, -0.25) is 4.79 Å². The Morgan fingerprint density at radius 1 is 1.32 bits per heavy atom. The van der Waals surface area contributed by atoms with Crippen molar-refractivity contribution in [1.82, 2.24) is 4.90 Å². The van der Waals surface area contributed by atoms with Crippen molar-refractivity contribution in [2.24, 2.45) is 0 Å². The highest BCUT2D eigenvalue weighted by atomic mass is 32.2. The maximum Gasteiger partial charge on any atom is 0.446 e. The van der Waals surface area contributed by atoms with Crippen LogP contribution in [0.1, 0.15) is 16.8 Å². The van der Waals surface area contributed by atoms with E-state index in [1.165, 1.54) is 29.2 Å². The Morgan fingerprint density at radius 3 is 2.42 bits per heavy atom. The van der Waals surface area contributed by atoms with E-state index >= 15 is 0 Å². The van der Waals surface area contributed by atoms with E-state index in [1.54, 1.807) is 0 Å². The molecule has 1 aromatic carbocycles. The van der Waals surface area contributed by atoms with Gasteiger partial charge < -0.3 is 10.0 Å². The maximum absolute atomic E-state index is 12.1. The van der Waals surface area contributed by atoms with Crippen molar-refractivity contribution in [3.63, 3.8) is 0 Å². The van der Waals surface area contributed by atoms with Crippen LogP contribution in [0.3, 0.4) is 0 Å². The quantitative estimate of drug-likeness (QED) is 0.851. The number of aliphatic hydroxyl groups is 1. The fraction of sp³-hybridized carbons (Fsp3) is 0.417. The third kappa shape index (κ3) is 3.87. The average Bonchev–Trinajstić information content (AvgIpc) is 2.74. The Hall–Kier alpha value is -1.21. The molecule has 1 atom stereocenters. The molecule has 1 N–H and O–H groups in total. The Kier molecular flexibility index (Phi) is 4.05. The lowest BCUT2D eigenvalue weighted by atomic mass is 10.2. The van der Waals surface area contributed by atoms with Gasteiger partial charge in [0.25, 0.3) is 5.91 Å². The number of carbonyl (C=O) groups is 1. The van der Waals surface area contributed by atoms with Gasteiger partial charge in [-0.05, 0) is 42.4 Å². The van der Waals surface area contributed by atoms with Crippen LogP contribution in [0.5, 0.6) is 0 Å². The van der Waals surface area contributed by atoms with Gasteiger partial charge in [0.05, 0.1) is 6.10 Å². The summed E-state index contributed by atoms with van der Waals surface area (Å²) in [6.45, 7) is 0.747. The Bertz CT molecular complexity index is 461. The number of alkyl halides is 3. The highest BCUT2D eigenvalue weighted by Crippen LogP contribution is 2.36. The van der Waals surface area contributed by atoms with Gasteiger partial charge in [-0.1, -0.05) is 0 Å². The van der Waals surface area contributed by atoms with Crippen molar-refractivity contribution < 1.29 is 23.1 Å². The second kappa shape index (κ2) is 5.42. The second-order valence-electron chi connectivity index (χ2n) is 4.27. The molecular weight excluding hydrogens is 279 g/mol. The summed E-state index contributed by atoms with van der Waals surface area (Å²) >= 11 is -0.211. The van der Waals surface area contributed by atoms with Crippen LogP contribution < -0.4 is 0 Å². The number of hydrogen-bond donors (Lipinski definition) is 1. The molecule has 1 aromatic rings. The Labute approximate surface area is 112 Å². The standard InChI is InChI=1S/C12H12F3NO2S/c13-12(14,15)19-10-3-1-8(2-4-10)11(18)16-6-5-9(17)7-16/h1-4,9,17H,5-7H2/t9-/m1/s1. The molecule has 0 aliphatic carbocycles. The van der Waals surface area contributed by atoms with Gasteiger partial charge in [0.1, 0.15) is 0 Å². The first-order chi connectivity index (χ1) is 8.85. The summed E-state index contributed by atoms with van der Waals surface area (Å²) < 4.78 is 36.4. The molecule has 0 unspecified atom stereocenters. The lowest BCUT2D eigenvalue weighted by Gasteiger charge is -2.15. The molecule has 3 nitrogen and oxygen atoms in total. The molecule has 0 spiro atoms. The molecule has 7 heteroatoms. The number of amides is 1. The van der Waals surface area contributed by atoms with Crippen LogP contribution in [0, 0.1) is 0 Å². The molecule has 1 aliphatic heterocycles. The van der Waals surface area contributed by atoms with Gasteiger partial charge in [0, 0.05) is 23.5 Å². The minimum absolute atomic E-state index is 0.0468. The summed E-state index contributed by atoms with van der Waals surface area (Å²) in [5, 5.41) is 9.34. The van der Waals surface area contributed by atoms with Crippen LogP contribution in [0.25, 0.3) is 0 Å². The van der Waals surface area contributed by atoms with E-state index < -0.39 is 11.6 Å². The Morgan fingerprint density at radius 2 is 1.95 bits per heavy atom. The SMILES string of the molecule is O=C(c1ccc(SC(F)(F)F)cc1)N1CC[C@@H](O)C1. The molecule has 2 rings (SSSR count). The van der Waals surface area contributed by atoms with Crippen molar-refractivity contribution in [3.8, 4) is 0 Å². The summed E-state index contributed by atoms with van der Waals surface area (Å²) in [4.78, 5) is 13.5. The topological polar surface area (TPSA) is 40.5 Å². The molecule has 0 aromatic heterocycles. The van der Waals surface area contributed by atoms with Crippen LogP contribution >= 0.6 is 11.8 Å². The van der Waals surface area contributed by atoms with E-state index in [4.69, 9.17) is 0 Å². The first-order valence-electron chi connectivity index (χ1n) is 5.68. The van der Waals surface area contributed by atoms with Crippen molar-refractivity contribution >= 4 is 17.7 Å². The molecule has 0 bridgehead atoms. The van der Waals surface area contributed by atoms with Gasteiger partial charge in [-0.2, -0.15) is 13.2 Å². The van der Waals surface area contributed by atoms with Gasteiger partial charge >= 0.3 is 5.51 Å². The first-order valence-corrected chi connectivity index (χ1v) is 6.50. The largest absolute Gasteiger partial charge is 0.446 e. The third-order valence-corrected chi connectivity index (χ3v) is 3.52. The van der Waals surface area contributed by atoms with E-state index in [1.807, 2.05) is 0 Å². The van der Waals surface area contributed by atoms with E-state index in [2.05, 4.69) is 0 Å². The molecule has 1 fully saturated rings. The number of benzene rings is 1. The Balaban J connectivity index is 2.04. The van der Waals surface area contributed by atoms with Gasteiger partial charge in [-0.25, -0.2) is 0 Å². The molecule has 1 heterocycles. The number of halogens is 3. The number of likely N-dealkylation sites (tertiary alicyclic amines) is 1. The van der Waals surface area contributed by atoms with Gasteiger partial charge in [0.15, 0.2) is 0 Å². The van der Waals surface area contributed by atoms with Crippen molar-refractivity contribution in [2.45, 2.75) is 22.9 Å². The lowest BCUT2D eigenvalue weighted by Crippen LogP contribution is -2.29. The monoisotopic (exact) mass is 291 g/mol. The van der Waals surface area contributed by atoms with Crippen molar-refractivity contribution in [1.29, 1.82) is 0 Å². The maximum atomic E-state index is 12.1. The predicted octanol–water partition coefficient (Wildman–Crippen LogP) is 2.51. The fourth-order valence-corrected chi connectivity index (χ4v) is 2.45. The summed E-state index contributed by atoms with van der Waals surface area (Å²) in [5.74, 6) is -0.264. The van der Waals surface area contributed by atoms with Crippen molar-refractivity contribution in [3.05, 3.63) is 29.8 Å². The van der Waals surface area contributed by atoms with E-state index in [0.29, 0.717) is 18.5 Å². The van der Waals surface area contributed by atoms with Gasteiger partial charge in [0.2, 0.25) is 0 Å².